The van der Waals surface area contributed by atoms with Crippen LogP contribution in [-0.4, -0.2) is 0 Å². The lowest BCUT2D eigenvalue weighted by atomic mass is 9.95. The number of rotatable bonds is 2. The molecule has 0 amide bonds. The average Bonchev–Trinajstić information content (AvgIpc) is 2.46. The first-order chi connectivity index (χ1) is 9.27. The lowest BCUT2D eigenvalue weighted by Gasteiger charge is -2.13. The summed E-state index contributed by atoms with van der Waals surface area (Å²) in [5.41, 5.74) is 3.79. The largest absolute Gasteiger partial charge is 0.0952 e. The molecule has 2 heteroatoms. The Kier molecular flexibility index (Phi) is 3.72. The molecule has 0 nitrogen and oxygen atoms in total. The molecule has 19 heavy (non-hydrogen) atoms. The Bertz CT molecular complexity index is 712. The normalized spacial score (nSPS) is 11.1. The highest BCUT2D eigenvalue weighted by Gasteiger charge is 2.11. The third-order valence-corrected chi connectivity index (χ3v) is 4.26. The molecule has 0 radical (unpaired) electrons. The van der Waals surface area contributed by atoms with E-state index in [4.69, 9.17) is 0 Å². The lowest BCUT2D eigenvalue weighted by molar-refractivity contribution is 1.42. The van der Waals surface area contributed by atoms with Gasteiger partial charge in [0.1, 0.15) is 0 Å². The summed E-state index contributed by atoms with van der Waals surface area (Å²) < 4.78 is 0.162. The molecule has 0 unspecified atom stereocenters. The minimum absolute atomic E-state index is 0.162. The van der Waals surface area contributed by atoms with Gasteiger partial charge >= 0.3 is 0 Å². The van der Waals surface area contributed by atoms with Crippen LogP contribution in [0.15, 0.2) is 66.7 Å². The third kappa shape index (κ3) is 2.47. The Morgan fingerprint density at radius 1 is 0.632 bits per heavy atom. The molecule has 3 aromatic carbocycles. The topological polar surface area (TPSA) is 0 Å². The van der Waals surface area contributed by atoms with E-state index in [-0.39, 0.29) is 3.74 Å². The molecule has 94 valence electrons. The van der Waals surface area contributed by atoms with Crippen LogP contribution in [0.4, 0.5) is 0 Å². The maximum absolute atomic E-state index is 3.61. The highest BCUT2D eigenvalue weighted by Crippen LogP contribution is 2.38. The number of hydrogen-bond acceptors (Lipinski definition) is 0. The van der Waals surface area contributed by atoms with Crippen molar-refractivity contribution in [3.63, 3.8) is 0 Å². The molecule has 0 spiro atoms. The Hall–Kier alpha value is -1.12. The first-order valence-electron chi connectivity index (χ1n) is 6.12. The van der Waals surface area contributed by atoms with Gasteiger partial charge in [0.25, 0.3) is 0 Å². The molecule has 0 atom stereocenters. The summed E-state index contributed by atoms with van der Waals surface area (Å²) in [6, 6.07) is 23.4. The van der Waals surface area contributed by atoms with Gasteiger partial charge in [-0.15, -0.1) is 0 Å². The van der Waals surface area contributed by atoms with Crippen molar-refractivity contribution in [2.75, 3.05) is 0 Å². The van der Waals surface area contributed by atoms with Crippen molar-refractivity contribution in [3.05, 3.63) is 72.3 Å². The van der Waals surface area contributed by atoms with Gasteiger partial charge in [0.2, 0.25) is 0 Å². The highest BCUT2D eigenvalue weighted by molar-refractivity contribution is 9.24. The van der Waals surface area contributed by atoms with Crippen LogP contribution in [0.2, 0.25) is 0 Å². The van der Waals surface area contributed by atoms with Gasteiger partial charge < -0.3 is 0 Å². The molecule has 0 fully saturated rings. The monoisotopic (exact) mass is 374 g/mol. The maximum Gasteiger partial charge on any atom is 0.0952 e. The summed E-state index contributed by atoms with van der Waals surface area (Å²) in [6.45, 7) is 0. The quantitative estimate of drug-likeness (QED) is 0.461. The number of fused-ring (bicyclic) bond motifs is 1. The van der Waals surface area contributed by atoms with Gasteiger partial charge in [-0.05, 0) is 27.5 Å². The smallest absolute Gasteiger partial charge is 0.0712 e. The summed E-state index contributed by atoms with van der Waals surface area (Å²) in [6.07, 6.45) is 0. The minimum atomic E-state index is 0.162. The van der Waals surface area contributed by atoms with Crippen molar-refractivity contribution < 1.29 is 0 Å². The Morgan fingerprint density at radius 3 is 2.11 bits per heavy atom. The number of hydrogen-bond donors (Lipinski definition) is 0. The molecule has 0 bridgehead atoms. The van der Waals surface area contributed by atoms with Gasteiger partial charge in [0.05, 0.1) is 3.74 Å². The van der Waals surface area contributed by atoms with E-state index >= 15 is 0 Å². The second-order valence-corrected chi connectivity index (χ2v) is 7.47. The Balaban J connectivity index is 2.31. The number of benzene rings is 3. The van der Waals surface area contributed by atoms with Crippen molar-refractivity contribution in [1.82, 2.24) is 0 Å². The summed E-state index contributed by atoms with van der Waals surface area (Å²) in [5.74, 6) is 0. The zero-order valence-corrected chi connectivity index (χ0v) is 13.4. The van der Waals surface area contributed by atoms with Crippen LogP contribution in [0, 0.1) is 0 Å². The van der Waals surface area contributed by atoms with E-state index in [0.29, 0.717) is 0 Å². The van der Waals surface area contributed by atoms with Gasteiger partial charge in [0.15, 0.2) is 0 Å². The SMILES string of the molecule is BrC(Br)c1ccccc1-c1cccc2ccccc12. The minimum Gasteiger partial charge on any atom is -0.0712 e. The molecule has 0 N–H and O–H groups in total. The van der Waals surface area contributed by atoms with Crippen LogP contribution in [0.25, 0.3) is 21.9 Å². The number of halogens is 2. The fourth-order valence-corrected chi connectivity index (χ4v) is 3.19. The molecule has 3 aromatic rings. The standard InChI is InChI=1S/C17H12Br2/c18-17(19)16-10-4-3-9-15(16)14-11-5-7-12-6-1-2-8-13(12)14/h1-11,17H. The molecule has 0 heterocycles. The second-order valence-electron chi connectivity index (χ2n) is 4.41. The van der Waals surface area contributed by atoms with E-state index in [2.05, 4.69) is 98.6 Å². The van der Waals surface area contributed by atoms with Crippen LogP contribution in [0.5, 0.6) is 0 Å². The second kappa shape index (κ2) is 5.48. The zero-order chi connectivity index (χ0) is 13.2. The molecule has 0 saturated heterocycles. The Morgan fingerprint density at radius 2 is 1.26 bits per heavy atom. The molecule has 3 rings (SSSR count). The van der Waals surface area contributed by atoms with Crippen LogP contribution < -0.4 is 0 Å². The molecule has 0 saturated carbocycles. The van der Waals surface area contributed by atoms with Gasteiger partial charge in [-0.3, -0.25) is 0 Å². The molecule has 0 aromatic heterocycles. The molecule has 0 aliphatic rings. The predicted molar refractivity (Wildman–Crippen MR) is 90.0 cm³/mol. The van der Waals surface area contributed by atoms with Crippen molar-refractivity contribution in [2.45, 2.75) is 3.74 Å². The van der Waals surface area contributed by atoms with Crippen molar-refractivity contribution in [1.29, 1.82) is 0 Å². The summed E-state index contributed by atoms with van der Waals surface area (Å²) in [5, 5.41) is 2.56. The lowest BCUT2D eigenvalue weighted by Crippen LogP contribution is -1.88. The maximum atomic E-state index is 3.61. The van der Waals surface area contributed by atoms with Crippen LogP contribution in [0.3, 0.4) is 0 Å². The van der Waals surface area contributed by atoms with Gasteiger partial charge in [-0.25, -0.2) is 0 Å². The van der Waals surface area contributed by atoms with E-state index in [1.165, 1.54) is 27.5 Å². The molecular weight excluding hydrogens is 364 g/mol. The third-order valence-electron chi connectivity index (χ3n) is 3.28. The van der Waals surface area contributed by atoms with Crippen molar-refractivity contribution >= 4 is 42.6 Å². The summed E-state index contributed by atoms with van der Waals surface area (Å²) in [4.78, 5) is 0. The van der Waals surface area contributed by atoms with Crippen LogP contribution in [0.1, 0.15) is 9.30 Å². The van der Waals surface area contributed by atoms with E-state index in [1.807, 2.05) is 0 Å². The molecular formula is C17H12Br2. The average molecular weight is 376 g/mol. The summed E-state index contributed by atoms with van der Waals surface area (Å²) >= 11 is 7.22. The first-order valence-corrected chi connectivity index (χ1v) is 7.96. The first kappa shape index (κ1) is 12.9. The van der Waals surface area contributed by atoms with Crippen molar-refractivity contribution in [3.8, 4) is 11.1 Å². The van der Waals surface area contributed by atoms with E-state index in [0.717, 1.165) is 0 Å². The van der Waals surface area contributed by atoms with Gasteiger partial charge in [-0.2, -0.15) is 0 Å². The fraction of sp³-hybridized carbons (Fsp3) is 0.0588. The van der Waals surface area contributed by atoms with Gasteiger partial charge in [-0.1, -0.05) is 98.6 Å². The highest BCUT2D eigenvalue weighted by atomic mass is 79.9. The van der Waals surface area contributed by atoms with Crippen LogP contribution in [-0.2, 0) is 0 Å². The molecule has 0 aliphatic heterocycles. The van der Waals surface area contributed by atoms with Gasteiger partial charge in [0, 0.05) is 0 Å². The van der Waals surface area contributed by atoms with Crippen molar-refractivity contribution in [2.24, 2.45) is 0 Å². The molecule has 0 aliphatic carbocycles. The van der Waals surface area contributed by atoms with Crippen LogP contribution >= 0.6 is 31.9 Å². The van der Waals surface area contributed by atoms with E-state index < -0.39 is 0 Å². The number of alkyl halides is 2. The zero-order valence-electron chi connectivity index (χ0n) is 10.2. The fourth-order valence-electron chi connectivity index (χ4n) is 2.39. The van der Waals surface area contributed by atoms with E-state index in [9.17, 15) is 0 Å². The predicted octanol–water partition coefficient (Wildman–Crippen LogP) is 6.30. The Labute approximate surface area is 129 Å². The van der Waals surface area contributed by atoms with E-state index in [1.54, 1.807) is 0 Å². The summed E-state index contributed by atoms with van der Waals surface area (Å²) in [7, 11) is 0.